The van der Waals surface area contributed by atoms with E-state index in [4.69, 9.17) is 9.26 Å². The molecular weight excluding hydrogens is 186 g/mol. The second-order valence-electron chi connectivity index (χ2n) is 2.67. The van der Waals surface area contributed by atoms with Gasteiger partial charge in [0.2, 0.25) is 5.82 Å². The Morgan fingerprint density at radius 2 is 2.43 bits per heavy atom. The van der Waals surface area contributed by atoms with Gasteiger partial charge < -0.3 is 9.26 Å². The summed E-state index contributed by atoms with van der Waals surface area (Å²) in [6.07, 6.45) is 1.16. The molecule has 14 heavy (non-hydrogen) atoms. The van der Waals surface area contributed by atoms with Gasteiger partial charge in [0.05, 0.1) is 0 Å². The van der Waals surface area contributed by atoms with Crippen molar-refractivity contribution in [3.8, 4) is 11.6 Å². The topological polar surface area (TPSA) is 89.7 Å². The molecule has 2 rings (SSSR count). The molecule has 0 aliphatic rings. The molecule has 2 aromatic heterocycles. The van der Waals surface area contributed by atoms with Crippen molar-refractivity contribution in [3.63, 3.8) is 0 Å². The number of hydrogen-bond acceptors (Lipinski definition) is 6. The van der Waals surface area contributed by atoms with Crippen LogP contribution in [-0.2, 0) is 4.74 Å². The van der Waals surface area contributed by atoms with Crippen LogP contribution in [0.4, 0.5) is 0 Å². The van der Waals surface area contributed by atoms with Crippen LogP contribution in [0.3, 0.4) is 0 Å². The number of hydrogen-bond donors (Lipinski definition) is 1. The largest absolute Gasteiger partial charge is 0.372 e. The van der Waals surface area contributed by atoms with Gasteiger partial charge in [-0.25, -0.2) is 4.98 Å². The Balaban J connectivity index is 2.26. The van der Waals surface area contributed by atoms with E-state index in [-0.39, 0.29) is 6.10 Å². The van der Waals surface area contributed by atoms with Crippen LogP contribution in [-0.4, -0.2) is 32.4 Å². The Labute approximate surface area is 79.5 Å². The molecule has 1 N–H and O–H groups in total. The lowest BCUT2D eigenvalue weighted by atomic mass is 10.4. The summed E-state index contributed by atoms with van der Waals surface area (Å²) in [4.78, 5) is 7.98. The zero-order valence-corrected chi connectivity index (χ0v) is 7.76. The molecule has 0 bridgehead atoms. The maximum absolute atomic E-state index is 5.02. The number of nitrogens with zero attached hydrogens (tertiary/aromatic N) is 4. The molecule has 0 amide bonds. The average molecular weight is 195 g/mol. The highest BCUT2D eigenvalue weighted by atomic mass is 16.5. The van der Waals surface area contributed by atoms with Gasteiger partial charge in [-0.1, -0.05) is 5.16 Å². The molecule has 2 heterocycles. The molecule has 1 atom stereocenters. The zero-order chi connectivity index (χ0) is 9.97. The van der Waals surface area contributed by atoms with Gasteiger partial charge in [-0.3, -0.25) is 5.10 Å². The van der Waals surface area contributed by atoms with Crippen molar-refractivity contribution >= 4 is 0 Å². The highest BCUT2D eigenvalue weighted by Crippen LogP contribution is 2.16. The first-order chi connectivity index (χ1) is 6.81. The van der Waals surface area contributed by atoms with Crippen LogP contribution in [0.1, 0.15) is 18.9 Å². The fourth-order valence-corrected chi connectivity index (χ4v) is 0.911. The van der Waals surface area contributed by atoms with Crippen LogP contribution in [0.2, 0.25) is 0 Å². The van der Waals surface area contributed by atoms with E-state index >= 15 is 0 Å². The van der Waals surface area contributed by atoms with Gasteiger partial charge in [0.15, 0.2) is 5.82 Å². The molecule has 7 nitrogen and oxygen atoms in total. The standard InChI is InChI=1S/C7H9N5O2/c1-4(13-2)7-10-6(12-14-7)5-8-3-9-11-5/h3-4H,1-2H3,(H,8,9,11). The van der Waals surface area contributed by atoms with Crippen molar-refractivity contribution in [2.75, 3.05) is 7.11 Å². The Kier molecular flexibility index (Phi) is 2.23. The third-order valence-electron chi connectivity index (χ3n) is 1.77. The minimum atomic E-state index is -0.223. The van der Waals surface area contributed by atoms with Gasteiger partial charge in [-0.2, -0.15) is 10.1 Å². The highest BCUT2D eigenvalue weighted by molar-refractivity contribution is 5.39. The first-order valence-corrected chi connectivity index (χ1v) is 4.03. The van der Waals surface area contributed by atoms with Crippen LogP contribution in [0.25, 0.3) is 11.6 Å². The van der Waals surface area contributed by atoms with Crippen LogP contribution in [0.15, 0.2) is 10.9 Å². The van der Waals surface area contributed by atoms with E-state index in [1.807, 2.05) is 6.92 Å². The Morgan fingerprint density at radius 1 is 1.57 bits per heavy atom. The van der Waals surface area contributed by atoms with Gasteiger partial charge in [0.1, 0.15) is 12.4 Å². The number of aromatic amines is 1. The van der Waals surface area contributed by atoms with Crippen molar-refractivity contribution < 1.29 is 9.26 Å². The van der Waals surface area contributed by atoms with Crippen molar-refractivity contribution in [1.29, 1.82) is 0 Å². The first-order valence-electron chi connectivity index (χ1n) is 4.03. The van der Waals surface area contributed by atoms with E-state index in [2.05, 4.69) is 25.3 Å². The zero-order valence-electron chi connectivity index (χ0n) is 7.76. The van der Waals surface area contributed by atoms with Crippen molar-refractivity contribution in [3.05, 3.63) is 12.2 Å². The van der Waals surface area contributed by atoms with E-state index in [9.17, 15) is 0 Å². The number of nitrogens with one attached hydrogen (secondary N) is 1. The van der Waals surface area contributed by atoms with Crippen LogP contribution < -0.4 is 0 Å². The Hall–Kier alpha value is -1.76. The SMILES string of the molecule is COC(C)c1nc(-c2ncn[nH]2)no1. The van der Waals surface area contributed by atoms with Crippen molar-refractivity contribution in [1.82, 2.24) is 25.3 Å². The summed E-state index contributed by atoms with van der Waals surface area (Å²) in [6, 6.07) is 0. The van der Waals surface area contributed by atoms with E-state index in [1.165, 1.54) is 6.33 Å². The Bertz CT molecular complexity index is 396. The molecule has 1 unspecified atom stereocenters. The summed E-state index contributed by atoms with van der Waals surface area (Å²) in [5.41, 5.74) is 0. The van der Waals surface area contributed by atoms with Crippen molar-refractivity contribution in [2.24, 2.45) is 0 Å². The maximum Gasteiger partial charge on any atom is 0.255 e. The minimum Gasteiger partial charge on any atom is -0.372 e. The molecule has 0 saturated carbocycles. The number of H-pyrrole nitrogens is 1. The fraction of sp³-hybridized carbons (Fsp3) is 0.429. The number of methoxy groups -OCH3 is 1. The second kappa shape index (κ2) is 3.54. The third-order valence-corrected chi connectivity index (χ3v) is 1.77. The van der Waals surface area contributed by atoms with Gasteiger partial charge in [-0.05, 0) is 6.92 Å². The number of rotatable bonds is 3. The summed E-state index contributed by atoms with van der Waals surface area (Å²) >= 11 is 0. The lowest BCUT2D eigenvalue weighted by Crippen LogP contribution is -1.95. The average Bonchev–Trinajstić information content (AvgIpc) is 2.86. The lowest BCUT2D eigenvalue weighted by Gasteiger charge is -2.00. The summed E-state index contributed by atoms with van der Waals surface area (Å²) in [5, 5.41) is 10.0. The van der Waals surface area contributed by atoms with Gasteiger partial charge >= 0.3 is 0 Å². The minimum absolute atomic E-state index is 0.223. The molecule has 74 valence electrons. The molecule has 0 spiro atoms. The van der Waals surface area contributed by atoms with Gasteiger partial charge in [0, 0.05) is 7.11 Å². The molecular formula is C7H9N5O2. The quantitative estimate of drug-likeness (QED) is 0.769. The molecule has 7 heteroatoms. The smallest absolute Gasteiger partial charge is 0.255 e. The van der Waals surface area contributed by atoms with Gasteiger partial charge in [-0.15, -0.1) is 0 Å². The van der Waals surface area contributed by atoms with E-state index in [0.717, 1.165) is 0 Å². The first kappa shape index (κ1) is 8.82. The second-order valence-corrected chi connectivity index (χ2v) is 2.67. The molecule has 0 aromatic carbocycles. The summed E-state index contributed by atoms with van der Waals surface area (Å²) in [6.45, 7) is 1.82. The maximum atomic E-state index is 5.02. The molecule has 0 saturated heterocycles. The van der Waals surface area contributed by atoms with E-state index in [0.29, 0.717) is 17.5 Å². The van der Waals surface area contributed by atoms with E-state index in [1.54, 1.807) is 7.11 Å². The highest BCUT2D eigenvalue weighted by Gasteiger charge is 2.15. The molecule has 0 fully saturated rings. The molecule has 0 radical (unpaired) electrons. The monoisotopic (exact) mass is 195 g/mol. The van der Waals surface area contributed by atoms with Gasteiger partial charge in [0.25, 0.3) is 5.89 Å². The van der Waals surface area contributed by atoms with E-state index < -0.39 is 0 Å². The molecule has 2 aromatic rings. The fourth-order valence-electron chi connectivity index (χ4n) is 0.911. The van der Waals surface area contributed by atoms with Crippen LogP contribution >= 0.6 is 0 Å². The predicted octanol–water partition coefficient (Wildman–Crippen LogP) is 0.562. The summed E-state index contributed by atoms with van der Waals surface area (Å²) < 4.78 is 9.99. The molecule has 0 aliphatic carbocycles. The predicted molar refractivity (Wildman–Crippen MR) is 45.1 cm³/mol. The van der Waals surface area contributed by atoms with Crippen molar-refractivity contribution in [2.45, 2.75) is 13.0 Å². The van der Waals surface area contributed by atoms with Crippen LogP contribution in [0, 0.1) is 0 Å². The third kappa shape index (κ3) is 1.49. The number of ether oxygens (including phenoxy) is 1. The summed E-state index contributed by atoms with van der Waals surface area (Å²) in [7, 11) is 1.57. The number of aromatic nitrogens is 5. The summed E-state index contributed by atoms with van der Waals surface area (Å²) in [5.74, 6) is 1.27. The Morgan fingerprint density at radius 3 is 3.07 bits per heavy atom. The normalized spacial score (nSPS) is 13.0. The lowest BCUT2D eigenvalue weighted by molar-refractivity contribution is 0.0886. The van der Waals surface area contributed by atoms with Crippen LogP contribution in [0.5, 0.6) is 0 Å². The molecule has 0 aliphatic heterocycles.